The summed E-state index contributed by atoms with van der Waals surface area (Å²) in [6.07, 6.45) is 1.30. The van der Waals surface area contributed by atoms with E-state index < -0.39 is 0 Å². The molecule has 1 aliphatic rings. The highest BCUT2D eigenvalue weighted by Gasteiger charge is 2.28. The van der Waals surface area contributed by atoms with E-state index in [0.717, 1.165) is 0 Å². The summed E-state index contributed by atoms with van der Waals surface area (Å²) in [6, 6.07) is 6.86. The van der Waals surface area contributed by atoms with Crippen LogP contribution in [0, 0.1) is 0 Å². The van der Waals surface area contributed by atoms with Gasteiger partial charge >= 0.3 is 0 Å². The molecule has 1 fully saturated rings. The van der Waals surface area contributed by atoms with Crippen LogP contribution in [-0.4, -0.2) is 59.4 Å². The van der Waals surface area contributed by atoms with Crippen molar-refractivity contribution in [2.45, 2.75) is 19.8 Å². The summed E-state index contributed by atoms with van der Waals surface area (Å²) in [7, 11) is 0. The first kappa shape index (κ1) is 19.2. The van der Waals surface area contributed by atoms with E-state index in [2.05, 4.69) is 4.98 Å². The summed E-state index contributed by atoms with van der Waals surface area (Å²) in [5.41, 5.74) is 0.357. The number of nitrogens with zero attached hydrogens (tertiary/aromatic N) is 3. The molecule has 0 bridgehead atoms. The molecule has 1 aliphatic heterocycles. The van der Waals surface area contributed by atoms with Crippen molar-refractivity contribution in [2.75, 3.05) is 32.8 Å². The molecule has 0 saturated carbocycles. The lowest BCUT2D eigenvalue weighted by atomic mass is 10.1. The summed E-state index contributed by atoms with van der Waals surface area (Å²) in [5, 5.41) is 0.613. The number of amides is 2. The molecule has 27 heavy (non-hydrogen) atoms. The lowest BCUT2D eigenvalue weighted by Gasteiger charge is -2.34. The normalized spacial score (nSPS) is 14.5. The van der Waals surface area contributed by atoms with E-state index >= 15 is 0 Å². The third-order valence-electron chi connectivity index (χ3n) is 4.42. The number of carbonyl (C=O) groups excluding carboxylic acids is 2. The SMILES string of the molecule is CC(C)c1ocnc1C(=O)N1CCN(C(=O)COc2ccc(Cl)cc2)CC1. The van der Waals surface area contributed by atoms with Crippen molar-refractivity contribution in [3.05, 3.63) is 47.1 Å². The van der Waals surface area contributed by atoms with Crippen molar-refractivity contribution in [3.8, 4) is 5.75 Å². The fourth-order valence-corrected chi connectivity index (χ4v) is 3.03. The Morgan fingerprint density at radius 1 is 1.15 bits per heavy atom. The van der Waals surface area contributed by atoms with Crippen molar-refractivity contribution >= 4 is 23.4 Å². The highest BCUT2D eigenvalue weighted by atomic mass is 35.5. The number of piperazine rings is 1. The quantitative estimate of drug-likeness (QED) is 0.783. The van der Waals surface area contributed by atoms with Crippen LogP contribution in [0.3, 0.4) is 0 Å². The number of ether oxygens (including phenoxy) is 1. The molecule has 2 heterocycles. The van der Waals surface area contributed by atoms with Crippen LogP contribution < -0.4 is 4.74 Å². The van der Waals surface area contributed by atoms with Gasteiger partial charge in [-0.2, -0.15) is 0 Å². The van der Waals surface area contributed by atoms with Crippen LogP contribution in [0.25, 0.3) is 0 Å². The average Bonchev–Trinajstić information content (AvgIpc) is 3.17. The molecule has 0 atom stereocenters. The first-order valence-corrected chi connectivity index (χ1v) is 9.22. The van der Waals surface area contributed by atoms with Gasteiger partial charge in [0.2, 0.25) is 0 Å². The first-order valence-electron chi connectivity index (χ1n) is 8.84. The monoisotopic (exact) mass is 391 g/mol. The molecular weight excluding hydrogens is 370 g/mol. The summed E-state index contributed by atoms with van der Waals surface area (Å²) < 4.78 is 10.8. The zero-order valence-electron chi connectivity index (χ0n) is 15.4. The molecular formula is C19H22ClN3O4. The highest BCUT2D eigenvalue weighted by Crippen LogP contribution is 2.20. The fourth-order valence-electron chi connectivity index (χ4n) is 2.90. The van der Waals surface area contributed by atoms with E-state index in [1.165, 1.54) is 6.39 Å². The number of hydrogen-bond acceptors (Lipinski definition) is 5. The summed E-state index contributed by atoms with van der Waals surface area (Å²) >= 11 is 5.83. The molecule has 144 valence electrons. The van der Waals surface area contributed by atoms with Gasteiger partial charge in [-0.3, -0.25) is 9.59 Å². The second-order valence-electron chi connectivity index (χ2n) is 6.64. The van der Waals surface area contributed by atoms with Gasteiger partial charge in [-0.05, 0) is 24.3 Å². The molecule has 0 radical (unpaired) electrons. The third kappa shape index (κ3) is 4.60. The molecule has 2 aromatic rings. The molecule has 0 unspecified atom stereocenters. The van der Waals surface area contributed by atoms with E-state index in [9.17, 15) is 9.59 Å². The summed E-state index contributed by atoms with van der Waals surface area (Å²) in [6.45, 7) is 5.69. The average molecular weight is 392 g/mol. The molecule has 8 heteroatoms. The van der Waals surface area contributed by atoms with Crippen LogP contribution in [0.5, 0.6) is 5.75 Å². The minimum Gasteiger partial charge on any atom is -0.484 e. The van der Waals surface area contributed by atoms with E-state index in [1.54, 1.807) is 34.1 Å². The number of halogens is 1. The second kappa shape index (κ2) is 8.43. The zero-order valence-corrected chi connectivity index (χ0v) is 16.1. The van der Waals surface area contributed by atoms with Crippen LogP contribution in [0.4, 0.5) is 0 Å². The molecule has 1 aromatic heterocycles. The molecule has 0 N–H and O–H groups in total. The van der Waals surface area contributed by atoms with E-state index in [0.29, 0.717) is 48.4 Å². The predicted molar refractivity (Wildman–Crippen MR) is 100 cm³/mol. The Hall–Kier alpha value is -2.54. The van der Waals surface area contributed by atoms with Gasteiger partial charge in [-0.1, -0.05) is 25.4 Å². The molecule has 0 spiro atoms. The van der Waals surface area contributed by atoms with Crippen LogP contribution >= 0.6 is 11.6 Å². The molecule has 3 rings (SSSR count). The Morgan fingerprint density at radius 2 is 1.78 bits per heavy atom. The van der Waals surface area contributed by atoms with E-state index in [4.69, 9.17) is 20.8 Å². The van der Waals surface area contributed by atoms with Crippen LogP contribution in [0.2, 0.25) is 5.02 Å². The van der Waals surface area contributed by atoms with Crippen molar-refractivity contribution in [2.24, 2.45) is 0 Å². The van der Waals surface area contributed by atoms with Gasteiger partial charge in [0.25, 0.3) is 11.8 Å². The van der Waals surface area contributed by atoms with Crippen LogP contribution in [0.1, 0.15) is 36.0 Å². The Balaban J connectivity index is 1.50. The predicted octanol–water partition coefficient (Wildman–Crippen LogP) is 2.81. The van der Waals surface area contributed by atoms with Gasteiger partial charge in [0, 0.05) is 37.1 Å². The number of oxazole rings is 1. The first-order chi connectivity index (χ1) is 13.0. The van der Waals surface area contributed by atoms with Gasteiger partial charge in [-0.15, -0.1) is 0 Å². The van der Waals surface area contributed by atoms with Crippen LogP contribution in [0.15, 0.2) is 35.1 Å². The fraction of sp³-hybridized carbons (Fsp3) is 0.421. The van der Waals surface area contributed by atoms with Gasteiger partial charge in [0.1, 0.15) is 11.5 Å². The van der Waals surface area contributed by atoms with E-state index in [-0.39, 0.29) is 24.3 Å². The van der Waals surface area contributed by atoms with Gasteiger partial charge < -0.3 is 19.0 Å². The summed E-state index contributed by atoms with van der Waals surface area (Å²) in [4.78, 5) is 32.5. The largest absolute Gasteiger partial charge is 0.484 e. The molecule has 1 aromatic carbocycles. The minimum atomic E-state index is -0.156. The topological polar surface area (TPSA) is 75.9 Å². The van der Waals surface area contributed by atoms with Crippen molar-refractivity contribution in [1.29, 1.82) is 0 Å². The number of carbonyl (C=O) groups is 2. The zero-order chi connectivity index (χ0) is 19.4. The molecule has 7 nitrogen and oxygen atoms in total. The number of hydrogen-bond donors (Lipinski definition) is 0. The van der Waals surface area contributed by atoms with Crippen LogP contribution in [-0.2, 0) is 4.79 Å². The summed E-state index contributed by atoms with van der Waals surface area (Å²) in [5.74, 6) is 1.00. The molecule has 1 saturated heterocycles. The Kier molecular flexibility index (Phi) is 6.01. The van der Waals surface area contributed by atoms with Gasteiger partial charge in [0.05, 0.1) is 0 Å². The highest BCUT2D eigenvalue weighted by molar-refractivity contribution is 6.30. The number of benzene rings is 1. The van der Waals surface area contributed by atoms with E-state index in [1.807, 2.05) is 13.8 Å². The maximum Gasteiger partial charge on any atom is 0.276 e. The Bertz CT molecular complexity index is 796. The smallest absolute Gasteiger partial charge is 0.276 e. The standard InChI is InChI=1S/C19H22ClN3O4/c1-13(2)18-17(21-12-27-18)19(25)23-9-7-22(8-10-23)16(24)11-26-15-5-3-14(20)4-6-15/h3-6,12-13H,7-11H2,1-2H3. The van der Waals surface area contributed by atoms with Crippen molar-refractivity contribution in [1.82, 2.24) is 14.8 Å². The second-order valence-corrected chi connectivity index (χ2v) is 7.07. The maximum absolute atomic E-state index is 12.7. The third-order valence-corrected chi connectivity index (χ3v) is 4.67. The van der Waals surface area contributed by atoms with Crippen molar-refractivity contribution < 1.29 is 18.7 Å². The Morgan fingerprint density at radius 3 is 2.41 bits per heavy atom. The molecule has 2 amide bonds. The van der Waals surface area contributed by atoms with Crippen molar-refractivity contribution in [3.63, 3.8) is 0 Å². The maximum atomic E-state index is 12.7. The minimum absolute atomic E-state index is 0.0453. The number of aromatic nitrogens is 1. The van der Waals surface area contributed by atoms with Gasteiger partial charge in [0.15, 0.2) is 18.7 Å². The lowest BCUT2D eigenvalue weighted by Crippen LogP contribution is -2.51. The Labute approximate surface area is 162 Å². The lowest BCUT2D eigenvalue weighted by molar-refractivity contribution is -0.134. The van der Waals surface area contributed by atoms with Gasteiger partial charge in [-0.25, -0.2) is 4.98 Å². The molecule has 0 aliphatic carbocycles. The number of rotatable bonds is 5.